The quantitative estimate of drug-likeness (QED) is 0.668. The number of amides is 2. The predicted molar refractivity (Wildman–Crippen MR) is 123 cm³/mol. The van der Waals surface area contributed by atoms with Gasteiger partial charge in [0, 0.05) is 31.7 Å². The molecular weight excluding hydrogens is 404 g/mol. The first-order chi connectivity index (χ1) is 15.5. The van der Waals surface area contributed by atoms with Crippen molar-refractivity contribution in [3.63, 3.8) is 0 Å². The smallest absolute Gasteiger partial charge is 0.263 e. The van der Waals surface area contributed by atoms with Gasteiger partial charge in [0.25, 0.3) is 11.8 Å². The van der Waals surface area contributed by atoms with Gasteiger partial charge in [-0.3, -0.25) is 9.59 Å². The molecule has 1 N–H and O–H groups in total. The summed E-state index contributed by atoms with van der Waals surface area (Å²) in [4.78, 5) is 29.2. The topological polar surface area (TPSA) is 70.1 Å². The standard InChI is InChI=1S/C26H26N2O4/c1-19(32-24-13-11-23(29)12-14-24)25(30)27-15-17-28(18-16-27)26(31)22-9-7-21(8-10-22)20-5-3-2-4-6-20/h2-14,19,29H,15-18H2,1H3. The Balaban J connectivity index is 1.31. The second-order valence-electron chi connectivity index (χ2n) is 7.81. The van der Waals surface area contributed by atoms with E-state index in [1.54, 1.807) is 28.9 Å². The Labute approximate surface area is 187 Å². The van der Waals surface area contributed by atoms with Gasteiger partial charge in [-0.25, -0.2) is 0 Å². The zero-order valence-corrected chi connectivity index (χ0v) is 18.0. The Bertz CT molecular complexity index is 1060. The zero-order chi connectivity index (χ0) is 22.5. The number of hydrogen-bond donors (Lipinski definition) is 1. The van der Waals surface area contributed by atoms with Crippen LogP contribution in [0.5, 0.6) is 11.5 Å². The van der Waals surface area contributed by atoms with Gasteiger partial charge in [-0.2, -0.15) is 0 Å². The molecule has 0 bridgehead atoms. The number of benzene rings is 3. The third-order valence-corrected chi connectivity index (χ3v) is 5.61. The highest BCUT2D eigenvalue weighted by atomic mass is 16.5. The molecule has 164 valence electrons. The van der Waals surface area contributed by atoms with Crippen LogP contribution in [0.2, 0.25) is 0 Å². The molecular formula is C26H26N2O4. The summed E-state index contributed by atoms with van der Waals surface area (Å²) in [5.41, 5.74) is 2.83. The van der Waals surface area contributed by atoms with Gasteiger partial charge in [0.05, 0.1) is 0 Å². The molecule has 1 aliphatic rings. The van der Waals surface area contributed by atoms with Crippen LogP contribution >= 0.6 is 0 Å². The monoisotopic (exact) mass is 430 g/mol. The van der Waals surface area contributed by atoms with Crippen LogP contribution in [0.4, 0.5) is 0 Å². The molecule has 0 aromatic heterocycles. The Morgan fingerprint density at radius 1 is 0.781 bits per heavy atom. The van der Waals surface area contributed by atoms with Crippen molar-refractivity contribution in [3.8, 4) is 22.6 Å². The second kappa shape index (κ2) is 9.56. The van der Waals surface area contributed by atoms with E-state index in [0.717, 1.165) is 11.1 Å². The molecule has 0 radical (unpaired) electrons. The van der Waals surface area contributed by atoms with Gasteiger partial charge in [0.1, 0.15) is 11.5 Å². The average molecular weight is 431 g/mol. The van der Waals surface area contributed by atoms with Gasteiger partial charge in [0.15, 0.2) is 6.10 Å². The summed E-state index contributed by atoms with van der Waals surface area (Å²) >= 11 is 0. The van der Waals surface area contributed by atoms with Crippen molar-refractivity contribution in [2.24, 2.45) is 0 Å². The van der Waals surface area contributed by atoms with Crippen molar-refractivity contribution >= 4 is 11.8 Å². The van der Waals surface area contributed by atoms with Crippen molar-refractivity contribution in [1.29, 1.82) is 0 Å². The first-order valence-corrected chi connectivity index (χ1v) is 10.7. The highest BCUT2D eigenvalue weighted by Gasteiger charge is 2.28. The van der Waals surface area contributed by atoms with Crippen LogP contribution in [0.15, 0.2) is 78.9 Å². The molecule has 1 unspecified atom stereocenters. The number of hydrogen-bond acceptors (Lipinski definition) is 4. The maximum atomic E-state index is 12.9. The summed E-state index contributed by atoms with van der Waals surface area (Å²) in [7, 11) is 0. The fourth-order valence-corrected chi connectivity index (χ4v) is 3.78. The summed E-state index contributed by atoms with van der Waals surface area (Å²) in [5, 5.41) is 9.36. The number of phenols is 1. The van der Waals surface area contributed by atoms with E-state index in [1.807, 2.05) is 54.6 Å². The van der Waals surface area contributed by atoms with Crippen LogP contribution in [0, 0.1) is 0 Å². The molecule has 1 atom stereocenters. The fraction of sp³-hybridized carbons (Fsp3) is 0.231. The Morgan fingerprint density at radius 3 is 1.97 bits per heavy atom. The van der Waals surface area contributed by atoms with Crippen molar-refractivity contribution in [2.45, 2.75) is 13.0 Å². The van der Waals surface area contributed by atoms with Gasteiger partial charge < -0.3 is 19.6 Å². The molecule has 0 spiro atoms. The molecule has 6 nitrogen and oxygen atoms in total. The first kappa shape index (κ1) is 21.4. The van der Waals surface area contributed by atoms with Crippen molar-refractivity contribution < 1.29 is 19.4 Å². The van der Waals surface area contributed by atoms with E-state index < -0.39 is 6.10 Å². The van der Waals surface area contributed by atoms with Crippen LogP contribution in [0.3, 0.4) is 0 Å². The molecule has 0 saturated carbocycles. The minimum Gasteiger partial charge on any atom is -0.508 e. The SMILES string of the molecule is CC(Oc1ccc(O)cc1)C(=O)N1CCN(C(=O)c2ccc(-c3ccccc3)cc2)CC1. The average Bonchev–Trinajstić information content (AvgIpc) is 2.85. The third-order valence-electron chi connectivity index (χ3n) is 5.61. The lowest BCUT2D eigenvalue weighted by Crippen LogP contribution is -2.53. The minimum absolute atomic E-state index is 0.0231. The molecule has 4 rings (SSSR count). The summed E-state index contributed by atoms with van der Waals surface area (Å²) < 4.78 is 5.69. The second-order valence-corrected chi connectivity index (χ2v) is 7.81. The maximum Gasteiger partial charge on any atom is 0.263 e. The van der Waals surface area contributed by atoms with E-state index in [2.05, 4.69) is 0 Å². The first-order valence-electron chi connectivity index (χ1n) is 10.7. The van der Waals surface area contributed by atoms with E-state index in [9.17, 15) is 14.7 Å². The van der Waals surface area contributed by atoms with Crippen LogP contribution in [-0.4, -0.2) is 59.0 Å². The number of nitrogens with zero attached hydrogens (tertiary/aromatic N) is 2. The number of carbonyl (C=O) groups is 2. The normalized spacial score (nSPS) is 14.7. The lowest BCUT2D eigenvalue weighted by atomic mass is 10.0. The molecule has 2 amide bonds. The lowest BCUT2D eigenvalue weighted by molar-refractivity contribution is -0.139. The summed E-state index contributed by atoms with van der Waals surface area (Å²) in [5.74, 6) is 0.533. The highest BCUT2D eigenvalue weighted by Crippen LogP contribution is 2.21. The Kier molecular flexibility index (Phi) is 6.40. The molecule has 3 aromatic rings. The van der Waals surface area contributed by atoms with Crippen LogP contribution < -0.4 is 4.74 Å². The summed E-state index contributed by atoms with van der Waals surface area (Å²) in [6, 6.07) is 24.0. The van der Waals surface area contributed by atoms with E-state index in [-0.39, 0.29) is 17.6 Å². The van der Waals surface area contributed by atoms with Crippen molar-refractivity contribution in [2.75, 3.05) is 26.2 Å². The number of rotatable bonds is 5. The van der Waals surface area contributed by atoms with Crippen LogP contribution in [0.1, 0.15) is 17.3 Å². The van der Waals surface area contributed by atoms with E-state index in [1.165, 1.54) is 12.1 Å². The van der Waals surface area contributed by atoms with Crippen molar-refractivity contribution in [3.05, 3.63) is 84.4 Å². The number of piperazine rings is 1. The molecule has 1 heterocycles. The largest absolute Gasteiger partial charge is 0.508 e. The summed E-state index contributed by atoms with van der Waals surface area (Å²) in [6.07, 6.45) is -0.646. The van der Waals surface area contributed by atoms with E-state index >= 15 is 0 Å². The lowest BCUT2D eigenvalue weighted by Gasteiger charge is -2.36. The summed E-state index contributed by atoms with van der Waals surface area (Å²) in [6.45, 7) is 3.61. The molecule has 3 aromatic carbocycles. The van der Waals surface area contributed by atoms with Crippen LogP contribution in [0.25, 0.3) is 11.1 Å². The number of ether oxygens (including phenoxy) is 1. The maximum absolute atomic E-state index is 12.9. The molecule has 1 aliphatic heterocycles. The zero-order valence-electron chi connectivity index (χ0n) is 18.0. The molecule has 1 saturated heterocycles. The van der Waals surface area contributed by atoms with Crippen LogP contribution in [-0.2, 0) is 4.79 Å². The van der Waals surface area contributed by atoms with Gasteiger partial charge in [-0.1, -0.05) is 42.5 Å². The number of phenolic OH excluding ortho intramolecular Hbond substituents is 1. The van der Waals surface area contributed by atoms with Gasteiger partial charge >= 0.3 is 0 Å². The van der Waals surface area contributed by atoms with E-state index in [4.69, 9.17) is 4.74 Å². The molecule has 6 heteroatoms. The Morgan fingerprint density at radius 2 is 1.34 bits per heavy atom. The number of carbonyl (C=O) groups excluding carboxylic acids is 2. The van der Waals surface area contributed by atoms with Gasteiger partial charge in [-0.15, -0.1) is 0 Å². The van der Waals surface area contributed by atoms with Crippen molar-refractivity contribution in [1.82, 2.24) is 9.80 Å². The fourth-order valence-electron chi connectivity index (χ4n) is 3.78. The molecule has 32 heavy (non-hydrogen) atoms. The van der Waals surface area contributed by atoms with Gasteiger partial charge in [-0.05, 0) is 54.4 Å². The van der Waals surface area contributed by atoms with Gasteiger partial charge in [0.2, 0.25) is 0 Å². The molecule has 1 fully saturated rings. The third kappa shape index (κ3) is 4.91. The predicted octanol–water partition coefficient (Wildman–Crippen LogP) is 3.81. The van der Waals surface area contributed by atoms with E-state index in [0.29, 0.717) is 37.5 Å². The number of aromatic hydroxyl groups is 1. The molecule has 0 aliphatic carbocycles. The minimum atomic E-state index is -0.646. The Hall–Kier alpha value is -3.80. The highest BCUT2D eigenvalue weighted by molar-refractivity contribution is 5.95.